The van der Waals surface area contributed by atoms with Gasteiger partial charge in [0.15, 0.2) is 17.5 Å². The Morgan fingerprint density at radius 2 is 1.91 bits per heavy atom. The van der Waals surface area contributed by atoms with Gasteiger partial charge in [0.1, 0.15) is 12.4 Å². The van der Waals surface area contributed by atoms with Crippen LogP contribution in [-0.4, -0.2) is 36.4 Å². The molecule has 3 N–H and O–H groups in total. The molecule has 9 nitrogen and oxygen atoms in total. The van der Waals surface area contributed by atoms with Crippen molar-refractivity contribution in [1.29, 1.82) is 0 Å². The van der Waals surface area contributed by atoms with Crippen molar-refractivity contribution in [2.45, 2.75) is 33.4 Å². The lowest BCUT2D eigenvalue weighted by Gasteiger charge is -2.30. The highest BCUT2D eigenvalue weighted by Gasteiger charge is 2.32. The lowest BCUT2D eigenvalue weighted by Crippen LogP contribution is -2.45. The Labute approximate surface area is 268 Å². The summed E-state index contributed by atoms with van der Waals surface area (Å²) >= 11 is 15.3. The first-order chi connectivity index (χ1) is 20.7. The highest BCUT2D eigenvalue weighted by molar-refractivity contribution is 9.10. The Hall–Kier alpha value is -3.93. The summed E-state index contributed by atoms with van der Waals surface area (Å²) in [4.78, 5) is 25.3. The van der Waals surface area contributed by atoms with Crippen molar-refractivity contribution in [3.05, 3.63) is 104 Å². The zero-order valence-electron chi connectivity index (χ0n) is 23.7. The molecule has 1 heterocycles. The lowest BCUT2D eigenvalue weighted by molar-refractivity contribution is -0.139. The number of hydrogen-bond acceptors (Lipinski definition) is 7. The predicted molar refractivity (Wildman–Crippen MR) is 173 cm³/mol. The third-order valence-electron chi connectivity index (χ3n) is 6.24. The van der Waals surface area contributed by atoms with Crippen LogP contribution in [0.5, 0.6) is 11.5 Å². The number of nitrogens with zero attached hydrogens (tertiary/aromatic N) is 1. The third kappa shape index (κ3) is 8.56. The summed E-state index contributed by atoms with van der Waals surface area (Å²) in [6.07, 6.45) is 1.46. The van der Waals surface area contributed by atoms with Crippen molar-refractivity contribution < 1.29 is 23.8 Å². The van der Waals surface area contributed by atoms with E-state index in [2.05, 4.69) is 37.1 Å². The average molecular weight is 686 g/mol. The highest BCUT2D eigenvalue weighted by Crippen LogP contribution is 2.35. The van der Waals surface area contributed by atoms with Crippen LogP contribution in [0.25, 0.3) is 0 Å². The van der Waals surface area contributed by atoms with E-state index >= 15 is 0 Å². The van der Waals surface area contributed by atoms with E-state index < -0.39 is 17.9 Å². The number of carbonyl (C=O) groups excluding carboxylic acids is 2. The number of hydrazone groups is 1. The van der Waals surface area contributed by atoms with Gasteiger partial charge in [0.2, 0.25) is 0 Å². The summed E-state index contributed by atoms with van der Waals surface area (Å²) in [6, 6.07) is 17.9. The van der Waals surface area contributed by atoms with E-state index in [0.29, 0.717) is 55.1 Å². The van der Waals surface area contributed by atoms with Crippen LogP contribution in [0.4, 0.5) is 0 Å². The van der Waals surface area contributed by atoms with Gasteiger partial charge in [0.05, 0.1) is 33.9 Å². The van der Waals surface area contributed by atoms with Gasteiger partial charge in [-0.15, -0.1) is 0 Å². The van der Waals surface area contributed by atoms with Crippen molar-refractivity contribution >= 4 is 63.0 Å². The van der Waals surface area contributed by atoms with Gasteiger partial charge >= 0.3 is 5.97 Å². The van der Waals surface area contributed by atoms with Crippen LogP contribution >= 0.6 is 39.7 Å². The SMILES string of the molecule is CCOC(=O)C1=C(C)NC(=S)N[C@@H]1c1ccccc1OCC(=O)NN=Cc1cc(Cl)c(OCc2cccc(C)c2)c(Br)c1. The number of para-hydroxylation sites is 1. The topological polar surface area (TPSA) is 110 Å². The summed E-state index contributed by atoms with van der Waals surface area (Å²) in [5.41, 5.74) is 6.84. The molecule has 1 aliphatic heterocycles. The molecular weight excluding hydrogens is 656 g/mol. The Bertz CT molecular complexity index is 1570. The number of carbonyl (C=O) groups is 2. The molecule has 0 aliphatic carbocycles. The molecule has 1 amide bonds. The van der Waals surface area contributed by atoms with E-state index in [4.69, 9.17) is 38.0 Å². The van der Waals surface area contributed by atoms with E-state index in [1.54, 1.807) is 50.2 Å². The van der Waals surface area contributed by atoms with E-state index in [-0.39, 0.29) is 13.2 Å². The van der Waals surface area contributed by atoms with Crippen molar-refractivity contribution in [3.8, 4) is 11.5 Å². The van der Waals surface area contributed by atoms with Crippen LogP contribution in [-0.2, 0) is 20.9 Å². The first-order valence-corrected chi connectivity index (χ1v) is 14.9. The Kier molecular flexibility index (Phi) is 11.2. The molecule has 1 atom stereocenters. The molecule has 0 saturated carbocycles. The number of thiocarbonyl (C=S) groups is 1. The minimum absolute atomic E-state index is 0.223. The third-order valence-corrected chi connectivity index (χ3v) is 7.33. The standard InChI is InChI=1S/C31H30BrClN4O5S/c1-4-40-30(39)27-19(3)35-31(43)36-28(27)22-10-5-6-11-25(22)41-17-26(38)37-34-15-21-13-23(32)29(24(33)14-21)42-16-20-9-7-8-18(2)12-20/h5-15,28H,4,16-17H2,1-3H3,(H,37,38)(H2,35,36,43)/t28-/m1/s1. The van der Waals surface area contributed by atoms with Gasteiger partial charge in [-0.25, -0.2) is 10.2 Å². The van der Waals surface area contributed by atoms with Gasteiger partial charge in [-0.2, -0.15) is 5.10 Å². The number of aryl methyl sites for hydroxylation is 1. The molecule has 3 aromatic rings. The number of halogens is 2. The van der Waals surface area contributed by atoms with Crippen LogP contribution in [0.1, 0.15) is 42.1 Å². The van der Waals surface area contributed by atoms with E-state index in [1.807, 2.05) is 31.2 Å². The van der Waals surface area contributed by atoms with E-state index in [9.17, 15) is 9.59 Å². The van der Waals surface area contributed by atoms with Gasteiger partial charge in [0, 0.05) is 11.3 Å². The number of allylic oxidation sites excluding steroid dienone is 1. The zero-order valence-corrected chi connectivity index (χ0v) is 26.9. The second-order valence-corrected chi connectivity index (χ2v) is 11.2. The van der Waals surface area contributed by atoms with Gasteiger partial charge in [-0.3, -0.25) is 4.79 Å². The number of amides is 1. The molecule has 3 aromatic carbocycles. The fourth-order valence-corrected chi connectivity index (χ4v) is 5.62. The number of hydrogen-bond donors (Lipinski definition) is 3. The number of ether oxygens (including phenoxy) is 3. The molecule has 12 heteroatoms. The zero-order chi connectivity index (χ0) is 30.9. The number of rotatable bonds is 11. The second-order valence-electron chi connectivity index (χ2n) is 9.50. The Morgan fingerprint density at radius 1 is 1.12 bits per heavy atom. The Balaban J connectivity index is 1.38. The van der Waals surface area contributed by atoms with Crippen molar-refractivity contribution in [2.75, 3.05) is 13.2 Å². The first-order valence-electron chi connectivity index (χ1n) is 13.3. The minimum atomic E-state index is -0.628. The summed E-state index contributed by atoms with van der Waals surface area (Å²) in [7, 11) is 0. The molecular formula is C31H30BrClN4O5S. The molecule has 0 radical (unpaired) electrons. The molecule has 0 aromatic heterocycles. The number of nitrogens with one attached hydrogen (secondary N) is 3. The molecule has 0 fully saturated rings. The lowest BCUT2D eigenvalue weighted by atomic mass is 9.95. The maximum atomic E-state index is 12.7. The fraction of sp³-hybridized carbons (Fsp3) is 0.226. The molecule has 0 saturated heterocycles. The van der Waals surface area contributed by atoms with Crippen molar-refractivity contribution in [1.82, 2.24) is 16.1 Å². The van der Waals surface area contributed by atoms with Gasteiger partial charge in [0.25, 0.3) is 5.91 Å². The van der Waals surface area contributed by atoms with Gasteiger partial charge < -0.3 is 24.8 Å². The monoisotopic (exact) mass is 684 g/mol. The maximum absolute atomic E-state index is 12.7. The van der Waals surface area contributed by atoms with E-state index in [1.165, 1.54) is 6.21 Å². The maximum Gasteiger partial charge on any atom is 0.338 e. The number of esters is 1. The molecule has 1 aliphatic rings. The van der Waals surface area contributed by atoms with Crippen molar-refractivity contribution in [3.63, 3.8) is 0 Å². The second kappa shape index (κ2) is 15.0. The normalized spacial score (nSPS) is 14.6. The van der Waals surface area contributed by atoms with Crippen LogP contribution in [0.15, 0.2) is 81.5 Å². The highest BCUT2D eigenvalue weighted by atomic mass is 79.9. The molecule has 43 heavy (non-hydrogen) atoms. The van der Waals surface area contributed by atoms with Gasteiger partial charge in [-0.1, -0.05) is 59.6 Å². The van der Waals surface area contributed by atoms with Crippen LogP contribution < -0.4 is 25.5 Å². The molecule has 0 unspecified atom stereocenters. The van der Waals surface area contributed by atoms with Crippen LogP contribution in [0.2, 0.25) is 5.02 Å². The molecule has 224 valence electrons. The minimum Gasteiger partial charge on any atom is -0.486 e. The van der Waals surface area contributed by atoms with E-state index in [0.717, 1.165) is 11.1 Å². The largest absolute Gasteiger partial charge is 0.486 e. The smallest absolute Gasteiger partial charge is 0.338 e. The summed E-state index contributed by atoms with van der Waals surface area (Å²) in [6.45, 7) is 5.78. The Morgan fingerprint density at radius 3 is 2.65 bits per heavy atom. The summed E-state index contributed by atoms with van der Waals surface area (Å²) in [5, 5.41) is 10.8. The number of benzene rings is 3. The average Bonchev–Trinajstić information content (AvgIpc) is 2.95. The molecule has 0 spiro atoms. The van der Waals surface area contributed by atoms with Crippen LogP contribution in [0.3, 0.4) is 0 Å². The first kappa shape index (κ1) is 32.0. The quantitative estimate of drug-likeness (QED) is 0.0995. The summed E-state index contributed by atoms with van der Waals surface area (Å²) < 4.78 is 17.7. The molecule has 0 bridgehead atoms. The van der Waals surface area contributed by atoms with Gasteiger partial charge in [-0.05, 0) is 78.2 Å². The van der Waals surface area contributed by atoms with Crippen molar-refractivity contribution in [2.24, 2.45) is 5.10 Å². The van der Waals surface area contributed by atoms with Crippen LogP contribution in [0, 0.1) is 6.92 Å². The fourth-order valence-electron chi connectivity index (χ4n) is 4.36. The molecule has 4 rings (SSSR count). The summed E-state index contributed by atoms with van der Waals surface area (Å²) in [5.74, 6) is -0.0561. The predicted octanol–water partition coefficient (Wildman–Crippen LogP) is 5.87.